The van der Waals surface area contributed by atoms with Crippen LogP contribution >= 0.6 is 33.2 Å². The number of ether oxygens (including phenoxy) is 1. The Bertz CT molecular complexity index is 416. The maximum Gasteiger partial charge on any atom is 0.341 e. The molecule has 1 aromatic carbocycles. The van der Waals surface area contributed by atoms with Crippen LogP contribution in [0, 0.1) is 0 Å². The van der Waals surface area contributed by atoms with Gasteiger partial charge in [-0.15, -0.1) is 33.2 Å². The van der Waals surface area contributed by atoms with Gasteiger partial charge in [-0.3, -0.25) is 4.79 Å². The van der Waals surface area contributed by atoms with Crippen molar-refractivity contribution >= 4 is 45.0 Å². The number of carbonyl (C=O) groups excluding carboxylic acids is 1. The van der Waals surface area contributed by atoms with Gasteiger partial charge in [0, 0.05) is 12.2 Å². The van der Waals surface area contributed by atoms with Gasteiger partial charge in [-0.05, 0) is 26.3 Å². The Kier molecular flexibility index (Phi) is 6.34. The second kappa shape index (κ2) is 7.09. The second-order valence-corrected chi connectivity index (χ2v) is 14.1. The van der Waals surface area contributed by atoms with E-state index in [1.54, 1.807) is 26.0 Å². The van der Waals surface area contributed by atoms with Crippen molar-refractivity contribution in [1.82, 2.24) is 0 Å². The summed E-state index contributed by atoms with van der Waals surface area (Å²) < 4.78 is 5.64. The molecular formula is C13H17Cl3O2Si. The molecule has 0 atom stereocenters. The topological polar surface area (TPSA) is 26.3 Å². The minimum absolute atomic E-state index is 0.0424. The van der Waals surface area contributed by atoms with Crippen molar-refractivity contribution < 1.29 is 9.53 Å². The number of benzene rings is 1. The molecule has 0 aliphatic rings. The third-order valence-electron chi connectivity index (χ3n) is 2.65. The van der Waals surface area contributed by atoms with E-state index in [1.807, 2.05) is 18.2 Å². The van der Waals surface area contributed by atoms with Crippen molar-refractivity contribution in [3.8, 4) is 0 Å². The molecule has 0 saturated heterocycles. The van der Waals surface area contributed by atoms with Crippen molar-refractivity contribution in [2.24, 2.45) is 0 Å². The molecule has 0 N–H and O–H groups in total. The average Bonchev–Trinajstić information content (AvgIpc) is 2.34. The Morgan fingerprint density at radius 1 is 1.21 bits per heavy atom. The molecule has 0 heterocycles. The standard InChI is InChI=1S/C13H17Cl3O2Si/c1-13(2,18-9-6-10-19(14,15)16)12(17)11-7-4-3-5-8-11/h3-5,7-8H,6,9-10H2,1-2H3. The minimum atomic E-state index is -2.59. The van der Waals surface area contributed by atoms with E-state index in [4.69, 9.17) is 38.0 Å². The smallest absolute Gasteiger partial charge is 0.341 e. The molecule has 0 spiro atoms. The molecular weight excluding hydrogens is 323 g/mol. The molecule has 0 saturated carbocycles. The Balaban J connectivity index is 2.50. The van der Waals surface area contributed by atoms with Crippen LogP contribution in [-0.4, -0.2) is 24.0 Å². The highest BCUT2D eigenvalue weighted by atomic mass is 35.8. The molecule has 0 radical (unpaired) electrons. The van der Waals surface area contributed by atoms with E-state index >= 15 is 0 Å². The van der Waals surface area contributed by atoms with Crippen LogP contribution in [0.3, 0.4) is 0 Å². The van der Waals surface area contributed by atoms with Gasteiger partial charge in [0.2, 0.25) is 0 Å². The highest BCUT2D eigenvalue weighted by Crippen LogP contribution is 2.27. The van der Waals surface area contributed by atoms with E-state index in [9.17, 15) is 4.79 Å². The predicted octanol–water partition coefficient (Wildman–Crippen LogP) is 4.71. The summed E-state index contributed by atoms with van der Waals surface area (Å²) in [5, 5.41) is 0. The van der Waals surface area contributed by atoms with Crippen molar-refractivity contribution in [1.29, 1.82) is 0 Å². The van der Waals surface area contributed by atoms with Gasteiger partial charge >= 0.3 is 6.00 Å². The Morgan fingerprint density at radius 3 is 2.32 bits per heavy atom. The number of carbonyl (C=O) groups is 1. The summed E-state index contributed by atoms with van der Waals surface area (Å²) in [5.74, 6) is -0.0424. The predicted molar refractivity (Wildman–Crippen MR) is 83.5 cm³/mol. The van der Waals surface area contributed by atoms with Crippen LogP contribution in [0.15, 0.2) is 30.3 Å². The molecule has 0 bridgehead atoms. The van der Waals surface area contributed by atoms with Gasteiger partial charge in [-0.25, -0.2) is 0 Å². The molecule has 0 amide bonds. The molecule has 1 rings (SSSR count). The quantitative estimate of drug-likeness (QED) is 0.311. The van der Waals surface area contributed by atoms with E-state index in [2.05, 4.69) is 0 Å². The lowest BCUT2D eigenvalue weighted by molar-refractivity contribution is -0.00413. The molecule has 0 aliphatic heterocycles. The maximum atomic E-state index is 12.3. The van der Waals surface area contributed by atoms with Gasteiger partial charge in [0.05, 0.1) is 0 Å². The zero-order valence-corrected chi connectivity index (χ0v) is 14.2. The Hall–Kier alpha value is -0.0631. The molecule has 0 aliphatic carbocycles. The van der Waals surface area contributed by atoms with Crippen LogP contribution in [0.4, 0.5) is 0 Å². The third kappa shape index (κ3) is 6.28. The lowest BCUT2D eigenvalue weighted by Crippen LogP contribution is -2.35. The van der Waals surface area contributed by atoms with Crippen LogP contribution < -0.4 is 0 Å². The first kappa shape index (κ1) is 17.0. The van der Waals surface area contributed by atoms with E-state index < -0.39 is 11.6 Å². The lowest BCUT2D eigenvalue weighted by Gasteiger charge is -2.24. The molecule has 106 valence electrons. The van der Waals surface area contributed by atoms with Crippen LogP contribution in [0.5, 0.6) is 0 Å². The summed E-state index contributed by atoms with van der Waals surface area (Å²) in [6.07, 6.45) is 0.647. The fourth-order valence-corrected chi connectivity index (χ4v) is 3.35. The normalized spacial score (nSPS) is 12.5. The number of rotatable bonds is 7. The molecule has 0 fully saturated rings. The SMILES string of the molecule is CC(C)(OCCC[Si](Cl)(Cl)Cl)C(=O)c1ccccc1. The van der Waals surface area contributed by atoms with Gasteiger partial charge in [-0.2, -0.15) is 0 Å². The largest absolute Gasteiger partial charge is 0.367 e. The zero-order chi connectivity index (χ0) is 14.5. The van der Waals surface area contributed by atoms with E-state index in [-0.39, 0.29) is 5.78 Å². The Morgan fingerprint density at radius 2 is 1.79 bits per heavy atom. The maximum absolute atomic E-state index is 12.3. The number of hydrogen-bond acceptors (Lipinski definition) is 2. The number of Topliss-reactive ketones (excluding diaryl/α,β-unsaturated/α-hetero) is 1. The monoisotopic (exact) mass is 338 g/mol. The van der Waals surface area contributed by atoms with E-state index in [0.29, 0.717) is 24.6 Å². The average molecular weight is 340 g/mol. The highest BCUT2D eigenvalue weighted by molar-refractivity contribution is 7.64. The minimum Gasteiger partial charge on any atom is -0.367 e. The number of ketones is 1. The highest BCUT2D eigenvalue weighted by Gasteiger charge is 2.30. The third-order valence-corrected chi connectivity index (χ3v) is 5.27. The molecule has 2 nitrogen and oxygen atoms in total. The molecule has 19 heavy (non-hydrogen) atoms. The fourth-order valence-electron chi connectivity index (χ4n) is 1.60. The fraction of sp³-hybridized carbons (Fsp3) is 0.462. The van der Waals surface area contributed by atoms with Crippen LogP contribution in [0.1, 0.15) is 30.6 Å². The van der Waals surface area contributed by atoms with Gasteiger partial charge in [0.15, 0.2) is 5.78 Å². The first-order valence-electron chi connectivity index (χ1n) is 6.03. The van der Waals surface area contributed by atoms with Crippen molar-refractivity contribution in [3.63, 3.8) is 0 Å². The summed E-state index contributed by atoms with van der Waals surface area (Å²) in [6.45, 7) is 3.93. The van der Waals surface area contributed by atoms with Crippen molar-refractivity contribution in [2.45, 2.75) is 31.9 Å². The lowest BCUT2D eigenvalue weighted by atomic mass is 9.96. The summed E-state index contributed by atoms with van der Waals surface area (Å²) in [6, 6.07) is 7.03. The molecule has 0 aromatic heterocycles. The van der Waals surface area contributed by atoms with Gasteiger partial charge < -0.3 is 4.74 Å². The van der Waals surface area contributed by atoms with Crippen molar-refractivity contribution in [3.05, 3.63) is 35.9 Å². The second-order valence-electron chi connectivity index (χ2n) is 4.77. The summed E-state index contributed by atoms with van der Waals surface area (Å²) in [5.41, 5.74) is -0.223. The summed E-state index contributed by atoms with van der Waals surface area (Å²) in [4.78, 5) is 12.3. The molecule has 6 heteroatoms. The Labute approximate surface area is 129 Å². The molecule has 1 aromatic rings. The molecule has 0 unspecified atom stereocenters. The zero-order valence-electron chi connectivity index (χ0n) is 11.0. The summed E-state index contributed by atoms with van der Waals surface area (Å²) >= 11 is 17.4. The first-order valence-corrected chi connectivity index (χ1v) is 11.3. The van der Waals surface area contributed by atoms with E-state index in [1.165, 1.54) is 0 Å². The first-order chi connectivity index (χ1) is 8.72. The van der Waals surface area contributed by atoms with E-state index in [0.717, 1.165) is 0 Å². The summed E-state index contributed by atoms with van der Waals surface area (Å²) in [7, 11) is 0. The number of halogens is 3. The van der Waals surface area contributed by atoms with Gasteiger partial charge in [-0.1, -0.05) is 30.3 Å². The van der Waals surface area contributed by atoms with Crippen LogP contribution in [-0.2, 0) is 4.74 Å². The van der Waals surface area contributed by atoms with Crippen LogP contribution in [0.25, 0.3) is 0 Å². The van der Waals surface area contributed by atoms with Crippen molar-refractivity contribution in [2.75, 3.05) is 6.61 Å². The van der Waals surface area contributed by atoms with Gasteiger partial charge in [0.1, 0.15) is 5.60 Å². The van der Waals surface area contributed by atoms with Crippen LogP contribution in [0.2, 0.25) is 6.04 Å². The number of hydrogen-bond donors (Lipinski definition) is 0. The van der Waals surface area contributed by atoms with Gasteiger partial charge in [0.25, 0.3) is 0 Å².